The monoisotopic (exact) mass is 297 g/mol. The van der Waals surface area contributed by atoms with Crippen molar-refractivity contribution in [3.05, 3.63) is 65.2 Å². The van der Waals surface area contributed by atoms with Crippen LogP contribution >= 0.6 is 0 Å². The zero-order chi connectivity index (χ0) is 15.9. The zero-order valence-electron chi connectivity index (χ0n) is 13.5. The van der Waals surface area contributed by atoms with E-state index in [-0.39, 0.29) is 5.91 Å². The lowest BCUT2D eigenvalue weighted by atomic mass is 10.1. The number of carbonyl (C=O) groups excluding carboxylic acids is 1. The number of amides is 1. The van der Waals surface area contributed by atoms with E-state index in [4.69, 9.17) is 4.74 Å². The summed E-state index contributed by atoms with van der Waals surface area (Å²) in [4.78, 5) is 14.1. The lowest BCUT2D eigenvalue weighted by molar-refractivity contribution is -0.129. The van der Waals surface area contributed by atoms with Crippen molar-refractivity contribution in [3.8, 4) is 5.75 Å². The number of carbonyl (C=O) groups is 1. The third kappa shape index (κ3) is 4.35. The van der Waals surface area contributed by atoms with Gasteiger partial charge in [0.2, 0.25) is 5.91 Å². The number of benzene rings is 2. The van der Waals surface area contributed by atoms with Crippen LogP contribution in [0.3, 0.4) is 0 Å². The first-order valence-electron chi connectivity index (χ1n) is 7.57. The van der Waals surface area contributed by atoms with E-state index in [0.29, 0.717) is 13.0 Å². The molecule has 3 heteroatoms. The maximum absolute atomic E-state index is 12.3. The van der Waals surface area contributed by atoms with Crippen molar-refractivity contribution in [1.82, 2.24) is 4.90 Å². The number of hydrogen-bond acceptors (Lipinski definition) is 2. The maximum atomic E-state index is 12.3. The summed E-state index contributed by atoms with van der Waals surface area (Å²) >= 11 is 0. The molecule has 0 aliphatic heterocycles. The summed E-state index contributed by atoms with van der Waals surface area (Å²) in [6, 6.07) is 16.1. The molecule has 0 bridgehead atoms. The Labute approximate surface area is 132 Å². The van der Waals surface area contributed by atoms with Crippen LogP contribution in [0.4, 0.5) is 0 Å². The van der Waals surface area contributed by atoms with Crippen LogP contribution in [0, 0.1) is 0 Å². The molecule has 2 rings (SSSR count). The fourth-order valence-corrected chi connectivity index (χ4v) is 2.30. The smallest absolute Gasteiger partial charge is 0.227 e. The Kier molecular flexibility index (Phi) is 5.59. The second kappa shape index (κ2) is 7.64. The Morgan fingerprint density at radius 1 is 0.955 bits per heavy atom. The Bertz CT molecular complexity index is 602. The minimum Gasteiger partial charge on any atom is -0.497 e. The molecule has 2 aromatic carbocycles. The van der Waals surface area contributed by atoms with Crippen molar-refractivity contribution in [3.63, 3.8) is 0 Å². The first-order valence-corrected chi connectivity index (χ1v) is 7.57. The summed E-state index contributed by atoms with van der Waals surface area (Å²) in [5.41, 5.74) is 3.47. The summed E-state index contributed by atoms with van der Waals surface area (Å²) < 4.78 is 5.12. The zero-order valence-corrected chi connectivity index (χ0v) is 13.5. The van der Waals surface area contributed by atoms with Gasteiger partial charge in [-0.15, -0.1) is 0 Å². The molecular weight excluding hydrogens is 274 g/mol. The van der Waals surface area contributed by atoms with Gasteiger partial charge in [-0.2, -0.15) is 0 Å². The van der Waals surface area contributed by atoms with E-state index in [1.165, 1.54) is 5.56 Å². The molecule has 2 aromatic rings. The highest BCUT2D eigenvalue weighted by Crippen LogP contribution is 2.13. The number of methoxy groups -OCH3 is 1. The average molecular weight is 297 g/mol. The second-order valence-electron chi connectivity index (χ2n) is 5.44. The lowest BCUT2D eigenvalue weighted by Crippen LogP contribution is -2.27. The molecule has 3 nitrogen and oxygen atoms in total. The van der Waals surface area contributed by atoms with E-state index in [1.54, 1.807) is 12.0 Å². The van der Waals surface area contributed by atoms with Gasteiger partial charge in [-0.05, 0) is 35.2 Å². The predicted molar refractivity (Wildman–Crippen MR) is 89.0 cm³/mol. The first kappa shape index (κ1) is 16.1. The fraction of sp³-hybridized carbons (Fsp3) is 0.316. The summed E-state index contributed by atoms with van der Waals surface area (Å²) in [6.07, 6.45) is 1.44. The summed E-state index contributed by atoms with van der Waals surface area (Å²) in [7, 11) is 3.48. The molecule has 0 atom stereocenters. The van der Waals surface area contributed by atoms with Crippen molar-refractivity contribution in [1.29, 1.82) is 0 Å². The van der Waals surface area contributed by atoms with Crippen LogP contribution < -0.4 is 4.74 Å². The van der Waals surface area contributed by atoms with E-state index in [0.717, 1.165) is 23.3 Å². The number of aryl methyl sites for hydroxylation is 1. The minimum atomic E-state index is 0.115. The molecule has 0 saturated carbocycles. The third-order valence-corrected chi connectivity index (χ3v) is 3.79. The molecule has 0 spiro atoms. The van der Waals surface area contributed by atoms with Gasteiger partial charge in [-0.3, -0.25) is 4.79 Å². The summed E-state index contributed by atoms with van der Waals surface area (Å²) in [5.74, 6) is 0.922. The van der Waals surface area contributed by atoms with Gasteiger partial charge in [0.05, 0.1) is 13.5 Å². The van der Waals surface area contributed by atoms with Crippen LogP contribution in [-0.4, -0.2) is 25.0 Å². The normalized spacial score (nSPS) is 10.3. The maximum Gasteiger partial charge on any atom is 0.227 e. The molecule has 116 valence electrons. The van der Waals surface area contributed by atoms with E-state index < -0.39 is 0 Å². The van der Waals surface area contributed by atoms with Crippen LogP contribution in [0.25, 0.3) is 0 Å². The molecule has 0 N–H and O–H groups in total. The standard InChI is InChI=1S/C19H23NO2/c1-4-15-5-7-17(8-6-15)14-20(2)19(21)13-16-9-11-18(22-3)12-10-16/h5-12H,4,13-14H2,1-3H3. The van der Waals surface area contributed by atoms with Crippen LogP contribution in [0.2, 0.25) is 0 Å². The molecule has 0 aliphatic carbocycles. The van der Waals surface area contributed by atoms with Gasteiger partial charge in [0, 0.05) is 13.6 Å². The van der Waals surface area contributed by atoms with Gasteiger partial charge in [0.1, 0.15) is 5.75 Å². The van der Waals surface area contributed by atoms with E-state index in [2.05, 4.69) is 31.2 Å². The highest BCUT2D eigenvalue weighted by molar-refractivity contribution is 5.78. The SMILES string of the molecule is CCc1ccc(CN(C)C(=O)Cc2ccc(OC)cc2)cc1. The average Bonchev–Trinajstić information content (AvgIpc) is 2.56. The molecule has 0 heterocycles. The van der Waals surface area contributed by atoms with Crippen molar-refractivity contribution < 1.29 is 9.53 Å². The quantitative estimate of drug-likeness (QED) is 0.817. The van der Waals surface area contributed by atoms with Crippen molar-refractivity contribution in [2.45, 2.75) is 26.3 Å². The number of hydrogen-bond donors (Lipinski definition) is 0. The minimum absolute atomic E-state index is 0.115. The van der Waals surface area contributed by atoms with Crippen LogP contribution in [0.1, 0.15) is 23.6 Å². The van der Waals surface area contributed by atoms with Crippen LogP contribution in [-0.2, 0) is 24.2 Å². The van der Waals surface area contributed by atoms with Gasteiger partial charge >= 0.3 is 0 Å². The van der Waals surface area contributed by atoms with Gasteiger partial charge in [-0.25, -0.2) is 0 Å². The van der Waals surface area contributed by atoms with Crippen molar-refractivity contribution in [2.75, 3.05) is 14.2 Å². The Morgan fingerprint density at radius 3 is 2.05 bits per heavy atom. The summed E-state index contributed by atoms with van der Waals surface area (Å²) in [5, 5.41) is 0. The van der Waals surface area contributed by atoms with Gasteiger partial charge in [0.15, 0.2) is 0 Å². The molecule has 0 aromatic heterocycles. The largest absolute Gasteiger partial charge is 0.497 e. The van der Waals surface area contributed by atoms with Crippen LogP contribution in [0.5, 0.6) is 5.75 Å². The molecule has 22 heavy (non-hydrogen) atoms. The molecule has 0 unspecified atom stereocenters. The number of rotatable bonds is 6. The predicted octanol–water partition coefficient (Wildman–Crippen LogP) is 3.46. The van der Waals surface area contributed by atoms with Crippen molar-refractivity contribution in [2.24, 2.45) is 0 Å². The molecule has 1 amide bonds. The van der Waals surface area contributed by atoms with E-state index in [1.807, 2.05) is 31.3 Å². The first-order chi connectivity index (χ1) is 10.6. The highest BCUT2D eigenvalue weighted by Gasteiger charge is 2.10. The fourth-order valence-electron chi connectivity index (χ4n) is 2.30. The number of ether oxygens (including phenoxy) is 1. The summed E-state index contributed by atoms with van der Waals surface area (Å²) in [6.45, 7) is 2.78. The number of likely N-dealkylation sites (N-methyl/N-ethyl adjacent to an activating group) is 1. The van der Waals surface area contributed by atoms with E-state index in [9.17, 15) is 4.79 Å². The van der Waals surface area contributed by atoms with Crippen molar-refractivity contribution >= 4 is 5.91 Å². The molecule has 0 radical (unpaired) electrons. The Balaban J connectivity index is 1.92. The molecule has 0 aliphatic rings. The topological polar surface area (TPSA) is 29.5 Å². The molecule has 0 fully saturated rings. The lowest BCUT2D eigenvalue weighted by Gasteiger charge is -2.17. The number of nitrogens with zero attached hydrogens (tertiary/aromatic N) is 1. The molecular formula is C19H23NO2. The van der Waals surface area contributed by atoms with E-state index >= 15 is 0 Å². The van der Waals surface area contributed by atoms with Gasteiger partial charge in [0.25, 0.3) is 0 Å². The Hall–Kier alpha value is -2.29. The molecule has 0 saturated heterocycles. The highest BCUT2D eigenvalue weighted by atomic mass is 16.5. The van der Waals surface area contributed by atoms with Gasteiger partial charge < -0.3 is 9.64 Å². The van der Waals surface area contributed by atoms with Crippen LogP contribution in [0.15, 0.2) is 48.5 Å². The Morgan fingerprint density at radius 2 is 1.50 bits per heavy atom. The van der Waals surface area contributed by atoms with Gasteiger partial charge in [-0.1, -0.05) is 43.3 Å². The second-order valence-corrected chi connectivity index (χ2v) is 5.44. The third-order valence-electron chi connectivity index (χ3n) is 3.79.